The zero-order chi connectivity index (χ0) is 17.2. The number of aromatic nitrogens is 4. The van der Waals surface area contributed by atoms with Gasteiger partial charge in [0.05, 0.1) is 16.9 Å². The first-order chi connectivity index (χ1) is 10.7. The predicted octanol–water partition coefficient (Wildman–Crippen LogP) is 1.90. The topological polar surface area (TPSA) is 77.1 Å². The Morgan fingerprint density at radius 2 is 2.17 bits per heavy atom. The smallest absolute Gasteiger partial charge is 0.271 e. The van der Waals surface area contributed by atoms with E-state index in [2.05, 4.69) is 20.7 Å². The van der Waals surface area contributed by atoms with Crippen LogP contribution in [-0.4, -0.2) is 37.9 Å². The van der Waals surface area contributed by atoms with Crippen molar-refractivity contribution in [2.45, 2.75) is 19.6 Å². The number of amides is 1. The molecule has 1 N–H and O–H groups in total. The van der Waals surface area contributed by atoms with E-state index in [-0.39, 0.29) is 16.4 Å². The van der Waals surface area contributed by atoms with Crippen LogP contribution in [-0.2, 0) is 13.6 Å². The molecule has 2 aromatic heterocycles. The second-order valence-electron chi connectivity index (χ2n) is 4.62. The lowest BCUT2D eigenvalue weighted by Crippen LogP contribution is -2.19. The van der Waals surface area contributed by atoms with Gasteiger partial charge < -0.3 is 0 Å². The molecular weight excluding hydrogens is 337 g/mol. The lowest BCUT2D eigenvalue weighted by atomic mass is 10.3. The Labute approximate surface area is 133 Å². The highest BCUT2D eigenvalue weighted by Crippen LogP contribution is 2.19. The molecule has 0 bridgehead atoms. The summed E-state index contributed by atoms with van der Waals surface area (Å²) in [7, 11) is 1.63. The van der Waals surface area contributed by atoms with Gasteiger partial charge in [0.2, 0.25) is 0 Å². The standard InChI is InChI=1S/C12H12ClF3N6O/c1-7-9(13)10(20-21(7)2)11(23)18-17-5-8-3-4-22(19-8)6-12(14,15)16/h3-5H,6H2,1-2H3,(H,18,23)/b17-5-. The third-order valence-corrected chi connectivity index (χ3v) is 3.29. The van der Waals surface area contributed by atoms with Crippen LogP contribution < -0.4 is 5.43 Å². The van der Waals surface area contributed by atoms with E-state index in [0.717, 1.165) is 17.1 Å². The minimum atomic E-state index is -4.36. The summed E-state index contributed by atoms with van der Waals surface area (Å²) in [5.41, 5.74) is 2.97. The second-order valence-corrected chi connectivity index (χ2v) is 5.00. The van der Waals surface area contributed by atoms with Crippen LogP contribution in [0.2, 0.25) is 5.02 Å². The van der Waals surface area contributed by atoms with Gasteiger partial charge in [-0.05, 0) is 13.0 Å². The molecule has 0 radical (unpaired) electrons. The van der Waals surface area contributed by atoms with Gasteiger partial charge in [-0.1, -0.05) is 11.6 Å². The first-order valence-corrected chi connectivity index (χ1v) is 6.68. The van der Waals surface area contributed by atoms with Crippen molar-refractivity contribution in [1.29, 1.82) is 0 Å². The molecule has 7 nitrogen and oxygen atoms in total. The molecule has 0 aliphatic carbocycles. The predicted molar refractivity (Wildman–Crippen MR) is 76.3 cm³/mol. The number of aryl methyl sites for hydroxylation is 1. The number of carbonyl (C=O) groups is 1. The third kappa shape index (κ3) is 4.31. The fourth-order valence-corrected chi connectivity index (χ4v) is 1.90. The SMILES string of the molecule is Cc1c(Cl)c(C(=O)N/N=C\c2ccn(CC(F)(F)F)n2)nn1C. The number of nitrogens with one attached hydrogen (secondary N) is 1. The van der Waals surface area contributed by atoms with Gasteiger partial charge in [-0.2, -0.15) is 28.5 Å². The molecule has 0 spiro atoms. The van der Waals surface area contributed by atoms with Crippen LogP contribution in [0.15, 0.2) is 17.4 Å². The lowest BCUT2D eigenvalue weighted by Gasteiger charge is -2.04. The lowest BCUT2D eigenvalue weighted by molar-refractivity contribution is -0.142. The van der Waals surface area contributed by atoms with Gasteiger partial charge in [0, 0.05) is 13.2 Å². The molecule has 2 aromatic rings. The van der Waals surface area contributed by atoms with Crippen LogP contribution >= 0.6 is 11.6 Å². The Kier molecular flexibility index (Phi) is 4.73. The zero-order valence-corrected chi connectivity index (χ0v) is 12.9. The van der Waals surface area contributed by atoms with Crippen molar-refractivity contribution >= 4 is 23.7 Å². The molecule has 0 unspecified atom stereocenters. The van der Waals surface area contributed by atoms with E-state index in [0.29, 0.717) is 5.69 Å². The van der Waals surface area contributed by atoms with Gasteiger partial charge in [0.15, 0.2) is 5.69 Å². The fraction of sp³-hybridized carbons (Fsp3) is 0.333. The molecule has 0 atom stereocenters. The summed E-state index contributed by atoms with van der Waals surface area (Å²) in [6.45, 7) is 0.499. The van der Waals surface area contributed by atoms with Crippen LogP contribution in [0, 0.1) is 6.92 Å². The minimum absolute atomic E-state index is 0.00594. The highest BCUT2D eigenvalue weighted by molar-refractivity contribution is 6.34. The van der Waals surface area contributed by atoms with Crippen molar-refractivity contribution in [3.05, 3.63) is 34.4 Å². The van der Waals surface area contributed by atoms with Crippen molar-refractivity contribution in [3.63, 3.8) is 0 Å². The average Bonchev–Trinajstić information content (AvgIpc) is 2.97. The van der Waals surface area contributed by atoms with Crippen LogP contribution in [0.25, 0.3) is 0 Å². The third-order valence-electron chi connectivity index (χ3n) is 2.84. The van der Waals surface area contributed by atoms with E-state index in [1.807, 2.05) is 0 Å². The van der Waals surface area contributed by atoms with E-state index in [9.17, 15) is 18.0 Å². The highest BCUT2D eigenvalue weighted by atomic mass is 35.5. The van der Waals surface area contributed by atoms with Gasteiger partial charge in [-0.3, -0.25) is 14.2 Å². The maximum atomic E-state index is 12.2. The molecule has 2 heterocycles. The summed E-state index contributed by atoms with van der Waals surface area (Å²) >= 11 is 5.95. The molecule has 11 heteroatoms. The molecule has 0 aromatic carbocycles. The van der Waals surface area contributed by atoms with Crippen molar-refractivity contribution in [2.24, 2.45) is 12.1 Å². The second kappa shape index (κ2) is 6.41. The number of alkyl halides is 3. The van der Waals surface area contributed by atoms with E-state index >= 15 is 0 Å². The Morgan fingerprint density at radius 1 is 1.48 bits per heavy atom. The first-order valence-electron chi connectivity index (χ1n) is 6.30. The zero-order valence-electron chi connectivity index (χ0n) is 12.1. The molecule has 0 aliphatic heterocycles. The Hall–Kier alpha value is -2.36. The minimum Gasteiger partial charge on any atom is -0.271 e. The van der Waals surface area contributed by atoms with E-state index in [1.54, 1.807) is 14.0 Å². The molecule has 0 saturated heterocycles. The van der Waals surface area contributed by atoms with Crippen molar-refractivity contribution < 1.29 is 18.0 Å². The molecule has 2 rings (SSSR count). The summed E-state index contributed by atoms with van der Waals surface area (Å²) in [5, 5.41) is 11.4. The van der Waals surface area contributed by atoms with E-state index in [1.165, 1.54) is 10.7 Å². The number of nitrogens with zero attached hydrogens (tertiary/aromatic N) is 5. The van der Waals surface area contributed by atoms with Gasteiger partial charge in [-0.25, -0.2) is 5.43 Å². The fourth-order valence-electron chi connectivity index (χ4n) is 1.66. The van der Waals surface area contributed by atoms with Gasteiger partial charge >= 0.3 is 6.18 Å². The van der Waals surface area contributed by atoms with Crippen molar-refractivity contribution in [3.8, 4) is 0 Å². The largest absolute Gasteiger partial charge is 0.408 e. The Bertz CT molecular complexity index is 749. The number of hydrogen-bond acceptors (Lipinski definition) is 4. The normalized spacial score (nSPS) is 12.1. The van der Waals surface area contributed by atoms with Gasteiger partial charge in [0.1, 0.15) is 12.2 Å². The maximum Gasteiger partial charge on any atom is 0.408 e. The number of rotatable bonds is 4. The van der Waals surface area contributed by atoms with Crippen LogP contribution in [0.3, 0.4) is 0 Å². The summed E-state index contributed by atoms with van der Waals surface area (Å²) in [6.07, 6.45) is -2.08. The highest BCUT2D eigenvalue weighted by Gasteiger charge is 2.28. The summed E-state index contributed by atoms with van der Waals surface area (Å²) < 4.78 is 38.8. The number of halogens is 4. The number of hydrazone groups is 1. The van der Waals surface area contributed by atoms with Crippen LogP contribution in [0.1, 0.15) is 21.9 Å². The summed E-state index contributed by atoms with van der Waals surface area (Å²) in [6, 6.07) is 1.33. The van der Waals surface area contributed by atoms with E-state index in [4.69, 9.17) is 11.6 Å². The number of hydrogen-bond donors (Lipinski definition) is 1. The van der Waals surface area contributed by atoms with Crippen LogP contribution in [0.5, 0.6) is 0 Å². The molecule has 1 amide bonds. The molecular formula is C12H12ClF3N6O. The molecule has 0 aliphatic rings. The molecule has 0 fully saturated rings. The summed E-state index contributed by atoms with van der Waals surface area (Å²) in [5.74, 6) is -0.635. The van der Waals surface area contributed by atoms with Crippen molar-refractivity contribution in [1.82, 2.24) is 25.0 Å². The average molecular weight is 349 g/mol. The van der Waals surface area contributed by atoms with E-state index < -0.39 is 18.6 Å². The molecule has 124 valence electrons. The maximum absolute atomic E-state index is 12.2. The first kappa shape index (κ1) is 17.0. The van der Waals surface area contributed by atoms with Crippen molar-refractivity contribution in [2.75, 3.05) is 0 Å². The number of carbonyl (C=O) groups excluding carboxylic acids is 1. The Balaban J connectivity index is 1.99. The van der Waals surface area contributed by atoms with Crippen LogP contribution in [0.4, 0.5) is 13.2 Å². The molecule has 0 saturated carbocycles. The van der Waals surface area contributed by atoms with Gasteiger partial charge in [-0.15, -0.1) is 0 Å². The quantitative estimate of drug-likeness (QED) is 0.677. The van der Waals surface area contributed by atoms with Gasteiger partial charge in [0.25, 0.3) is 5.91 Å². The Morgan fingerprint density at radius 3 is 2.74 bits per heavy atom. The monoisotopic (exact) mass is 348 g/mol. The summed E-state index contributed by atoms with van der Waals surface area (Å²) in [4.78, 5) is 11.9. The molecule has 23 heavy (non-hydrogen) atoms.